The van der Waals surface area contributed by atoms with Crippen LogP contribution in [-0.4, -0.2) is 57.5 Å². The van der Waals surface area contributed by atoms with E-state index in [9.17, 15) is 9.90 Å². The maximum absolute atomic E-state index is 12.6. The standard InChI is InChI=1S/C17H27N3O3/c1-11(16-12(2)18-19-13(16)3)8-15(22)20-6-4-17(5-7-20)9-14(21)10-23-17/h11,14,21H,4-10H2,1-3H3,(H,18,19). The number of aliphatic hydroxyl groups excluding tert-OH is 1. The van der Waals surface area contributed by atoms with Gasteiger partial charge in [0.05, 0.1) is 24.0 Å². The molecule has 0 saturated carbocycles. The van der Waals surface area contributed by atoms with Gasteiger partial charge in [-0.25, -0.2) is 0 Å². The van der Waals surface area contributed by atoms with E-state index in [0.717, 1.165) is 42.9 Å². The second-order valence-electron chi connectivity index (χ2n) is 7.19. The quantitative estimate of drug-likeness (QED) is 0.887. The minimum Gasteiger partial charge on any atom is -0.391 e. The largest absolute Gasteiger partial charge is 0.391 e. The molecule has 2 unspecified atom stereocenters. The Labute approximate surface area is 137 Å². The summed E-state index contributed by atoms with van der Waals surface area (Å²) in [6.07, 6.45) is 2.53. The molecule has 23 heavy (non-hydrogen) atoms. The van der Waals surface area contributed by atoms with E-state index in [-0.39, 0.29) is 23.5 Å². The van der Waals surface area contributed by atoms with E-state index in [1.807, 2.05) is 18.7 Å². The van der Waals surface area contributed by atoms with Crippen LogP contribution in [0.4, 0.5) is 0 Å². The summed E-state index contributed by atoms with van der Waals surface area (Å²) >= 11 is 0. The van der Waals surface area contributed by atoms with Crippen LogP contribution in [0.2, 0.25) is 0 Å². The van der Waals surface area contributed by atoms with E-state index in [4.69, 9.17) is 4.74 Å². The molecule has 0 radical (unpaired) electrons. The van der Waals surface area contributed by atoms with E-state index < -0.39 is 0 Å². The van der Waals surface area contributed by atoms with Crippen LogP contribution in [0.3, 0.4) is 0 Å². The molecule has 3 heterocycles. The van der Waals surface area contributed by atoms with Gasteiger partial charge in [-0.15, -0.1) is 0 Å². The number of amides is 1. The molecule has 2 aliphatic heterocycles. The molecule has 1 aromatic heterocycles. The third-order valence-corrected chi connectivity index (χ3v) is 5.38. The van der Waals surface area contributed by atoms with Crippen LogP contribution >= 0.6 is 0 Å². The second-order valence-corrected chi connectivity index (χ2v) is 7.19. The van der Waals surface area contributed by atoms with Crippen molar-refractivity contribution in [2.45, 2.75) is 64.1 Å². The van der Waals surface area contributed by atoms with Crippen molar-refractivity contribution in [3.63, 3.8) is 0 Å². The minimum atomic E-state index is -0.343. The number of ether oxygens (including phenoxy) is 1. The summed E-state index contributed by atoms with van der Waals surface area (Å²) < 4.78 is 5.79. The van der Waals surface area contributed by atoms with Gasteiger partial charge in [-0.2, -0.15) is 5.10 Å². The molecule has 1 amide bonds. The Morgan fingerprint density at radius 2 is 2.17 bits per heavy atom. The van der Waals surface area contributed by atoms with Gasteiger partial charge in [-0.3, -0.25) is 9.89 Å². The van der Waals surface area contributed by atoms with Crippen molar-refractivity contribution in [3.8, 4) is 0 Å². The minimum absolute atomic E-state index is 0.168. The summed E-state index contributed by atoms with van der Waals surface area (Å²) in [5.41, 5.74) is 3.00. The fourth-order valence-corrected chi connectivity index (χ4v) is 4.11. The number of rotatable bonds is 3. The van der Waals surface area contributed by atoms with Crippen molar-refractivity contribution in [1.29, 1.82) is 0 Å². The van der Waals surface area contributed by atoms with Gasteiger partial charge in [0.15, 0.2) is 0 Å². The Bertz CT molecular complexity index is 556. The number of carbonyl (C=O) groups excluding carboxylic acids is 1. The monoisotopic (exact) mass is 321 g/mol. The number of piperidine rings is 1. The maximum Gasteiger partial charge on any atom is 0.223 e. The van der Waals surface area contributed by atoms with Crippen LogP contribution in [0.5, 0.6) is 0 Å². The first-order valence-electron chi connectivity index (χ1n) is 8.51. The van der Waals surface area contributed by atoms with Gasteiger partial charge >= 0.3 is 0 Å². The van der Waals surface area contributed by atoms with Crippen LogP contribution in [0, 0.1) is 13.8 Å². The average molecular weight is 321 g/mol. The van der Waals surface area contributed by atoms with Crippen molar-refractivity contribution >= 4 is 5.91 Å². The molecule has 2 fully saturated rings. The first kappa shape index (κ1) is 16.5. The highest BCUT2D eigenvalue weighted by Crippen LogP contribution is 2.36. The highest BCUT2D eigenvalue weighted by Gasteiger charge is 2.42. The number of aliphatic hydroxyl groups is 1. The summed E-state index contributed by atoms with van der Waals surface area (Å²) in [6.45, 7) is 7.95. The third kappa shape index (κ3) is 3.28. The normalized spacial score (nSPS) is 25.0. The molecule has 2 saturated heterocycles. The summed E-state index contributed by atoms with van der Waals surface area (Å²) in [5.74, 6) is 0.368. The second kappa shape index (κ2) is 6.24. The smallest absolute Gasteiger partial charge is 0.223 e. The summed E-state index contributed by atoms with van der Waals surface area (Å²) in [5, 5.41) is 16.9. The number of aryl methyl sites for hydroxylation is 2. The Kier molecular flexibility index (Phi) is 4.47. The third-order valence-electron chi connectivity index (χ3n) is 5.38. The van der Waals surface area contributed by atoms with Crippen molar-refractivity contribution in [2.24, 2.45) is 0 Å². The first-order valence-corrected chi connectivity index (χ1v) is 8.51. The van der Waals surface area contributed by atoms with Gasteiger partial charge in [0.25, 0.3) is 0 Å². The van der Waals surface area contributed by atoms with Gasteiger partial charge in [0, 0.05) is 31.6 Å². The van der Waals surface area contributed by atoms with Crippen LogP contribution in [0.15, 0.2) is 0 Å². The molecule has 128 valence electrons. The lowest BCUT2D eigenvalue weighted by molar-refractivity contribution is -0.136. The highest BCUT2D eigenvalue weighted by molar-refractivity contribution is 5.77. The zero-order chi connectivity index (χ0) is 16.6. The number of hydrogen-bond donors (Lipinski definition) is 2. The molecule has 0 aromatic carbocycles. The lowest BCUT2D eigenvalue weighted by Crippen LogP contribution is -2.46. The van der Waals surface area contributed by atoms with Gasteiger partial charge in [0.2, 0.25) is 5.91 Å². The molecule has 2 N–H and O–H groups in total. The van der Waals surface area contributed by atoms with Crippen LogP contribution in [0.25, 0.3) is 0 Å². The van der Waals surface area contributed by atoms with Gasteiger partial charge in [-0.05, 0) is 38.2 Å². The van der Waals surface area contributed by atoms with E-state index >= 15 is 0 Å². The number of H-pyrrole nitrogens is 1. The fourth-order valence-electron chi connectivity index (χ4n) is 4.11. The highest BCUT2D eigenvalue weighted by atomic mass is 16.5. The predicted octanol–water partition coefficient (Wildman–Crippen LogP) is 1.66. The molecule has 2 aliphatic rings. The molecular weight excluding hydrogens is 294 g/mol. The molecule has 0 bridgehead atoms. The zero-order valence-electron chi connectivity index (χ0n) is 14.3. The van der Waals surface area contributed by atoms with Gasteiger partial charge < -0.3 is 14.7 Å². The number of aromatic amines is 1. The number of hydrogen-bond acceptors (Lipinski definition) is 4. The first-order chi connectivity index (χ1) is 10.9. The van der Waals surface area contributed by atoms with Crippen molar-refractivity contribution in [2.75, 3.05) is 19.7 Å². The summed E-state index contributed by atoms with van der Waals surface area (Å²) in [6, 6.07) is 0. The molecule has 1 spiro atoms. The Balaban J connectivity index is 1.56. The number of carbonyl (C=O) groups is 1. The van der Waals surface area contributed by atoms with Crippen molar-refractivity contribution < 1.29 is 14.6 Å². The summed E-state index contributed by atoms with van der Waals surface area (Å²) in [7, 11) is 0. The fraction of sp³-hybridized carbons (Fsp3) is 0.765. The maximum atomic E-state index is 12.6. The predicted molar refractivity (Wildman–Crippen MR) is 86.2 cm³/mol. The molecule has 1 aromatic rings. The average Bonchev–Trinajstić information content (AvgIpc) is 3.03. The van der Waals surface area contributed by atoms with Crippen LogP contribution < -0.4 is 0 Å². The van der Waals surface area contributed by atoms with E-state index in [1.54, 1.807) is 0 Å². The van der Waals surface area contributed by atoms with E-state index in [0.29, 0.717) is 19.4 Å². The Hall–Kier alpha value is -1.40. The lowest BCUT2D eigenvalue weighted by atomic mass is 9.87. The molecule has 6 nitrogen and oxygen atoms in total. The number of aromatic nitrogens is 2. The molecule has 2 atom stereocenters. The van der Waals surface area contributed by atoms with Gasteiger partial charge in [-0.1, -0.05) is 6.92 Å². The lowest BCUT2D eigenvalue weighted by Gasteiger charge is -2.38. The topological polar surface area (TPSA) is 78.5 Å². The molecular formula is C17H27N3O3. The molecule has 0 aliphatic carbocycles. The SMILES string of the molecule is Cc1n[nH]c(C)c1C(C)CC(=O)N1CCC2(CC1)CC(O)CO2. The van der Waals surface area contributed by atoms with Crippen LogP contribution in [0.1, 0.15) is 55.5 Å². The van der Waals surface area contributed by atoms with Crippen LogP contribution in [-0.2, 0) is 9.53 Å². The summed E-state index contributed by atoms with van der Waals surface area (Å²) in [4.78, 5) is 14.5. The van der Waals surface area contributed by atoms with E-state index in [1.165, 1.54) is 0 Å². The number of likely N-dealkylation sites (tertiary alicyclic amines) is 1. The Morgan fingerprint density at radius 1 is 1.48 bits per heavy atom. The van der Waals surface area contributed by atoms with Crippen molar-refractivity contribution in [1.82, 2.24) is 15.1 Å². The zero-order valence-corrected chi connectivity index (χ0v) is 14.3. The van der Waals surface area contributed by atoms with E-state index in [2.05, 4.69) is 17.1 Å². The Morgan fingerprint density at radius 3 is 2.70 bits per heavy atom. The molecule has 6 heteroatoms. The van der Waals surface area contributed by atoms with Crippen molar-refractivity contribution in [3.05, 3.63) is 17.0 Å². The van der Waals surface area contributed by atoms with Gasteiger partial charge in [0.1, 0.15) is 0 Å². The number of nitrogens with one attached hydrogen (secondary N) is 1. The number of nitrogens with zero attached hydrogens (tertiary/aromatic N) is 2. The molecule has 3 rings (SSSR count).